The van der Waals surface area contributed by atoms with Crippen LogP contribution in [0.1, 0.15) is 5.56 Å². The number of hydrogen-bond acceptors (Lipinski definition) is 4. The summed E-state index contributed by atoms with van der Waals surface area (Å²) in [6, 6.07) is 26.9. The molecule has 33 heavy (non-hydrogen) atoms. The van der Waals surface area contributed by atoms with Crippen molar-refractivity contribution in [3.63, 3.8) is 0 Å². The number of benzene rings is 5. The van der Waals surface area contributed by atoms with Gasteiger partial charge in [-0.1, -0.05) is 72.8 Å². The van der Waals surface area contributed by atoms with Crippen molar-refractivity contribution in [1.29, 1.82) is 0 Å². The van der Waals surface area contributed by atoms with E-state index in [0.717, 1.165) is 21.5 Å². The van der Waals surface area contributed by atoms with Crippen LogP contribution < -0.4 is 0 Å². The van der Waals surface area contributed by atoms with E-state index in [1.165, 1.54) is 6.07 Å². The van der Waals surface area contributed by atoms with Gasteiger partial charge in [0.15, 0.2) is 0 Å². The molecule has 0 spiro atoms. The van der Waals surface area contributed by atoms with Crippen molar-refractivity contribution < 1.29 is 25.9 Å². The van der Waals surface area contributed by atoms with Gasteiger partial charge in [0.2, 0.25) is 0 Å². The SMILES string of the molecule is Cc1ccc2ccccc2c1S(=O)(=O)O.O=S(=O)(O)c1cccc2cc3ccccc3cc12. The first kappa shape index (κ1) is 22.9. The van der Waals surface area contributed by atoms with Gasteiger partial charge in [-0.05, 0) is 52.2 Å². The lowest BCUT2D eigenvalue weighted by Gasteiger charge is -2.06. The Hall–Kier alpha value is -3.30. The molecular weight excluding hydrogens is 460 g/mol. The lowest BCUT2D eigenvalue weighted by atomic mass is 10.0. The predicted molar refractivity (Wildman–Crippen MR) is 130 cm³/mol. The maximum absolute atomic E-state index is 11.3. The molecule has 5 aromatic rings. The Labute approximate surface area is 191 Å². The van der Waals surface area contributed by atoms with Crippen LogP contribution in [0.5, 0.6) is 0 Å². The van der Waals surface area contributed by atoms with Gasteiger partial charge in [-0.25, -0.2) is 0 Å². The summed E-state index contributed by atoms with van der Waals surface area (Å²) in [5.74, 6) is 0. The van der Waals surface area contributed by atoms with Crippen LogP contribution in [0.3, 0.4) is 0 Å². The number of hydrogen-bond donors (Lipinski definition) is 2. The second kappa shape index (κ2) is 8.57. The van der Waals surface area contributed by atoms with Crippen molar-refractivity contribution in [2.75, 3.05) is 0 Å². The molecule has 0 heterocycles. The second-order valence-corrected chi connectivity index (χ2v) is 10.3. The van der Waals surface area contributed by atoms with Gasteiger partial charge < -0.3 is 0 Å². The smallest absolute Gasteiger partial charge is 0.282 e. The molecule has 0 bridgehead atoms. The predicted octanol–water partition coefficient (Wildman–Crippen LogP) is 5.63. The van der Waals surface area contributed by atoms with Crippen LogP contribution in [-0.4, -0.2) is 25.9 Å². The molecule has 0 amide bonds. The van der Waals surface area contributed by atoms with Gasteiger partial charge in [0.25, 0.3) is 20.2 Å². The van der Waals surface area contributed by atoms with E-state index in [2.05, 4.69) is 0 Å². The van der Waals surface area contributed by atoms with Gasteiger partial charge in [-0.3, -0.25) is 9.11 Å². The van der Waals surface area contributed by atoms with Crippen LogP contribution in [0.4, 0.5) is 0 Å². The monoisotopic (exact) mass is 480 g/mol. The molecule has 0 aliphatic rings. The Kier molecular flexibility index (Phi) is 5.94. The molecule has 5 rings (SSSR count). The Balaban J connectivity index is 0.000000160. The molecule has 0 saturated heterocycles. The molecule has 0 unspecified atom stereocenters. The highest BCUT2D eigenvalue weighted by Gasteiger charge is 2.16. The van der Waals surface area contributed by atoms with E-state index in [1.54, 1.807) is 37.3 Å². The molecule has 5 aromatic carbocycles. The van der Waals surface area contributed by atoms with Gasteiger partial charge in [-0.15, -0.1) is 0 Å². The molecular formula is C25H20O6S2. The zero-order chi connectivity index (χ0) is 23.8. The van der Waals surface area contributed by atoms with Gasteiger partial charge in [0, 0.05) is 10.8 Å². The minimum absolute atomic E-state index is 0.000556. The molecule has 0 aliphatic heterocycles. The fourth-order valence-corrected chi connectivity index (χ4v) is 5.50. The summed E-state index contributed by atoms with van der Waals surface area (Å²) in [4.78, 5) is -0.0497. The zero-order valence-corrected chi connectivity index (χ0v) is 19.1. The number of rotatable bonds is 2. The Morgan fingerprint density at radius 1 is 0.545 bits per heavy atom. The van der Waals surface area contributed by atoms with Crippen molar-refractivity contribution in [1.82, 2.24) is 0 Å². The van der Waals surface area contributed by atoms with E-state index >= 15 is 0 Å². The van der Waals surface area contributed by atoms with Crippen LogP contribution in [0.25, 0.3) is 32.3 Å². The summed E-state index contributed by atoms with van der Waals surface area (Å²) >= 11 is 0. The molecule has 0 atom stereocenters. The molecule has 0 saturated carbocycles. The molecule has 0 radical (unpaired) electrons. The average Bonchev–Trinajstić information content (AvgIpc) is 2.76. The van der Waals surface area contributed by atoms with Gasteiger partial charge in [-0.2, -0.15) is 16.8 Å². The fraction of sp³-hybridized carbons (Fsp3) is 0.0400. The Morgan fingerprint density at radius 3 is 1.76 bits per heavy atom. The van der Waals surface area contributed by atoms with Gasteiger partial charge >= 0.3 is 0 Å². The maximum Gasteiger partial charge on any atom is 0.295 e. The molecule has 0 aliphatic carbocycles. The third-order valence-corrected chi connectivity index (χ3v) is 7.29. The van der Waals surface area contributed by atoms with Crippen molar-refractivity contribution in [3.05, 3.63) is 96.6 Å². The van der Waals surface area contributed by atoms with Crippen LogP contribution >= 0.6 is 0 Å². The lowest BCUT2D eigenvalue weighted by molar-refractivity contribution is 0.481. The number of aryl methyl sites for hydroxylation is 1. The summed E-state index contributed by atoms with van der Waals surface area (Å²) in [5.41, 5.74) is 0.552. The largest absolute Gasteiger partial charge is 0.295 e. The average molecular weight is 481 g/mol. The summed E-state index contributed by atoms with van der Waals surface area (Å²) in [7, 11) is -8.36. The summed E-state index contributed by atoms with van der Waals surface area (Å²) in [6.07, 6.45) is 0. The second-order valence-electron chi connectivity index (χ2n) is 7.56. The number of fused-ring (bicyclic) bond motifs is 3. The van der Waals surface area contributed by atoms with Crippen LogP contribution in [0.2, 0.25) is 0 Å². The van der Waals surface area contributed by atoms with E-state index in [4.69, 9.17) is 4.55 Å². The molecule has 2 N–H and O–H groups in total. The van der Waals surface area contributed by atoms with E-state index in [1.807, 2.05) is 54.6 Å². The highest BCUT2D eigenvalue weighted by Crippen LogP contribution is 2.28. The summed E-state index contributed by atoms with van der Waals surface area (Å²) in [5, 5.41) is 4.68. The Bertz CT molecular complexity index is 1720. The normalized spacial score (nSPS) is 12.0. The summed E-state index contributed by atoms with van der Waals surface area (Å²) in [6.45, 7) is 1.66. The minimum Gasteiger partial charge on any atom is -0.282 e. The first-order valence-corrected chi connectivity index (χ1v) is 12.8. The standard InChI is InChI=1S/C14H10O3S.C11H10O3S/c15-18(16,17)14-7-3-6-12-8-10-4-1-2-5-11(10)9-13(12)14;1-8-6-7-9-4-2-3-5-10(9)11(8)15(12,13)14/h1-9H,(H,15,16,17);2-7H,1H3,(H,12,13,14). The lowest BCUT2D eigenvalue weighted by Crippen LogP contribution is -2.01. The van der Waals surface area contributed by atoms with E-state index in [9.17, 15) is 21.4 Å². The maximum atomic E-state index is 11.3. The van der Waals surface area contributed by atoms with Gasteiger partial charge in [0.1, 0.15) is 9.79 Å². The molecule has 168 valence electrons. The van der Waals surface area contributed by atoms with Crippen molar-refractivity contribution in [2.24, 2.45) is 0 Å². The zero-order valence-electron chi connectivity index (χ0n) is 17.5. The quantitative estimate of drug-likeness (QED) is 0.250. The van der Waals surface area contributed by atoms with Crippen LogP contribution in [0.15, 0.2) is 101 Å². The highest BCUT2D eigenvalue weighted by molar-refractivity contribution is 7.86. The first-order chi connectivity index (χ1) is 15.6. The fourth-order valence-electron chi connectivity index (χ4n) is 3.86. The van der Waals surface area contributed by atoms with Crippen molar-refractivity contribution >= 4 is 52.6 Å². The van der Waals surface area contributed by atoms with E-state index in [-0.39, 0.29) is 9.79 Å². The third-order valence-electron chi connectivity index (χ3n) is 5.32. The minimum atomic E-state index is -4.20. The molecule has 8 heteroatoms. The van der Waals surface area contributed by atoms with Crippen LogP contribution in [-0.2, 0) is 20.2 Å². The van der Waals surface area contributed by atoms with Crippen molar-refractivity contribution in [2.45, 2.75) is 16.7 Å². The topological polar surface area (TPSA) is 109 Å². The van der Waals surface area contributed by atoms with Crippen LogP contribution in [0, 0.1) is 6.92 Å². The molecule has 0 aromatic heterocycles. The molecule has 0 fully saturated rings. The Morgan fingerprint density at radius 2 is 1.12 bits per heavy atom. The van der Waals surface area contributed by atoms with Gasteiger partial charge in [0.05, 0.1) is 0 Å². The molecule has 6 nitrogen and oxygen atoms in total. The van der Waals surface area contributed by atoms with Crippen molar-refractivity contribution in [3.8, 4) is 0 Å². The van der Waals surface area contributed by atoms with E-state index < -0.39 is 20.2 Å². The third kappa shape index (κ3) is 4.74. The first-order valence-electron chi connectivity index (χ1n) is 9.90. The van der Waals surface area contributed by atoms with E-state index in [0.29, 0.717) is 16.3 Å². The highest BCUT2D eigenvalue weighted by atomic mass is 32.2. The summed E-state index contributed by atoms with van der Waals surface area (Å²) < 4.78 is 63.5.